The molecule has 5 nitrogen and oxygen atoms in total. The Hall–Kier alpha value is -2.70. The number of aryl methyl sites for hydroxylation is 1. The van der Waals surface area contributed by atoms with Crippen LogP contribution in [0.5, 0.6) is 0 Å². The molecular weight excluding hydrogens is 394 g/mol. The van der Waals surface area contributed by atoms with Gasteiger partial charge in [-0.15, -0.1) is 11.3 Å². The maximum Gasteiger partial charge on any atom is 0.274 e. The Bertz CT molecular complexity index is 1040. The fourth-order valence-corrected chi connectivity index (χ4v) is 4.45. The van der Waals surface area contributed by atoms with Gasteiger partial charge in [0.2, 0.25) is 5.91 Å². The molecule has 0 spiro atoms. The highest BCUT2D eigenvalue weighted by Crippen LogP contribution is 2.39. The summed E-state index contributed by atoms with van der Waals surface area (Å²) in [6.07, 6.45) is 1.67. The summed E-state index contributed by atoms with van der Waals surface area (Å²) in [6, 6.07) is 12.8. The molecule has 0 bridgehead atoms. The number of thiazole rings is 1. The van der Waals surface area contributed by atoms with Crippen LogP contribution in [-0.2, 0) is 13.0 Å². The summed E-state index contributed by atoms with van der Waals surface area (Å²) < 4.78 is 0. The van der Waals surface area contributed by atoms with Gasteiger partial charge < -0.3 is 10.6 Å². The second kappa shape index (κ2) is 7.73. The molecule has 4 rings (SSSR count). The van der Waals surface area contributed by atoms with Crippen LogP contribution in [0.2, 0.25) is 5.02 Å². The van der Waals surface area contributed by atoms with Crippen LogP contribution in [0.3, 0.4) is 0 Å². The zero-order chi connectivity index (χ0) is 19.7. The van der Waals surface area contributed by atoms with E-state index in [4.69, 9.17) is 17.3 Å². The van der Waals surface area contributed by atoms with Crippen molar-refractivity contribution in [1.29, 1.82) is 0 Å². The summed E-state index contributed by atoms with van der Waals surface area (Å²) in [6.45, 7) is 0.270. The van der Waals surface area contributed by atoms with E-state index in [0.29, 0.717) is 21.8 Å². The average Bonchev–Trinajstić information content (AvgIpc) is 3.35. The Balaban J connectivity index is 1.76. The van der Waals surface area contributed by atoms with E-state index in [9.17, 15) is 9.59 Å². The van der Waals surface area contributed by atoms with E-state index >= 15 is 0 Å². The van der Waals surface area contributed by atoms with Crippen LogP contribution in [0, 0.1) is 0 Å². The molecule has 28 heavy (non-hydrogen) atoms. The van der Waals surface area contributed by atoms with Crippen molar-refractivity contribution in [3.63, 3.8) is 0 Å². The summed E-state index contributed by atoms with van der Waals surface area (Å²) in [7, 11) is 0. The van der Waals surface area contributed by atoms with Crippen molar-refractivity contribution >= 4 is 34.8 Å². The lowest BCUT2D eigenvalue weighted by molar-refractivity contribution is 0.0651. The average molecular weight is 412 g/mol. The maximum atomic E-state index is 13.3. The van der Waals surface area contributed by atoms with Crippen LogP contribution in [0.25, 0.3) is 0 Å². The Morgan fingerprint density at radius 3 is 2.82 bits per heavy atom. The molecule has 7 heteroatoms. The number of nitrogens with zero attached hydrogens (tertiary/aromatic N) is 2. The Kier molecular flexibility index (Phi) is 5.15. The third kappa shape index (κ3) is 3.53. The van der Waals surface area contributed by atoms with Gasteiger partial charge in [0.25, 0.3) is 5.91 Å². The molecule has 1 heterocycles. The number of benzene rings is 2. The van der Waals surface area contributed by atoms with Gasteiger partial charge in [-0.2, -0.15) is 0 Å². The minimum atomic E-state index is -0.508. The number of carbonyl (C=O) groups excluding carboxylic acids is 2. The van der Waals surface area contributed by atoms with E-state index in [2.05, 4.69) is 4.98 Å². The van der Waals surface area contributed by atoms with Gasteiger partial charge in [0.1, 0.15) is 5.69 Å². The molecule has 0 aliphatic heterocycles. The third-order valence-corrected chi connectivity index (χ3v) is 5.89. The van der Waals surface area contributed by atoms with E-state index in [0.717, 1.165) is 18.4 Å². The van der Waals surface area contributed by atoms with Crippen LogP contribution in [0.1, 0.15) is 50.0 Å². The van der Waals surface area contributed by atoms with E-state index in [1.54, 1.807) is 27.9 Å². The van der Waals surface area contributed by atoms with Gasteiger partial charge in [0.05, 0.1) is 11.6 Å². The van der Waals surface area contributed by atoms with Gasteiger partial charge in [0.15, 0.2) is 0 Å². The lowest BCUT2D eigenvalue weighted by Crippen LogP contribution is -2.34. The Morgan fingerprint density at radius 2 is 2.07 bits per heavy atom. The predicted molar refractivity (Wildman–Crippen MR) is 109 cm³/mol. The van der Waals surface area contributed by atoms with Gasteiger partial charge in [-0.25, -0.2) is 4.98 Å². The normalized spacial score (nSPS) is 15.2. The molecule has 0 fully saturated rings. The molecule has 2 amide bonds. The largest absolute Gasteiger partial charge is 0.366 e. The van der Waals surface area contributed by atoms with Gasteiger partial charge in [-0.3, -0.25) is 9.59 Å². The minimum absolute atomic E-state index is 0.135. The first-order chi connectivity index (χ1) is 13.5. The molecule has 1 aromatic heterocycles. The van der Waals surface area contributed by atoms with Crippen molar-refractivity contribution in [3.8, 4) is 0 Å². The number of fused-ring (bicyclic) bond motifs is 1. The Labute approximate surface area is 171 Å². The molecule has 2 N–H and O–H groups in total. The minimum Gasteiger partial charge on any atom is -0.366 e. The smallest absolute Gasteiger partial charge is 0.274 e. The molecule has 1 aliphatic rings. The summed E-state index contributed by atoms with van der Waals surface area (Å²) >= 11 is 7.60. The fourth-order valence-electron chi connectivity index (χ4n) is 3.75. The highest BCUT2D eigenvalue weighted by atomic mass is 35.5. The number of amides is 2. The van der Waals surface area contributed by atoms with Crippen molar-refractivity contribution in [1.82, 2.24) is 9.88 Å². The second-order valence-corrected chi connectivity index (χ2v) is 7.88. The number of aromatic nitrogens is 1. The van der Waals surface area contributed by atoms with Crippen molar-refractivity contribution < 1.29 is 9.59 Å². The molecule has 0 radical (unpaired) electrons. The number of halogens is 1. The first-order valence-corrected chi connectivity index (χ1v) is 10.2. The van der Waals surface area contributed by atoms with Crippen LogP contribution in [0.4, 0.5) is 0 Å². The Morgan fingerprint density at radius 1 is 1.25 bits per heavy atom. The summed E-state index contributed by atoms with van der Waals surface area (Å²) in [5.41, 5.74) is 11.0. The van der Waals surface area contributed by atoms with E-state index < -0.39 is 5.91 Å². The molecule has 142 valence electrons. The van der Waals surface area contributed by atoms with E-state index in [1.165, 1.54) is 16.9 Å². The second-order valence-electron chi connectivity index (χ2n) is 6.73. The molecule has 3 aromatic rings. The van der Waals surface area contributed by atoms with Gasteiger partial charge in [-0.05, 0) is 47.7 Å². The maximum absolute atomic E-state index is 13.3. The lowest BCUT2D eigenvalue weighted by atomic mass is 10.0. The predicted octanol–water partition coefficient (Wildman–Crippen LogP) is 4.23. The first-order valence-electron chi connectivity index (χ1n) is 8.90. The molecule has 2 aromatic carbocycles. The van der Waals surface area contributed by atoms with Crippen molar-refractivity contribution in [2.24, 2.45) is 5.73 Å². The number of hydrogen-bond donors (Lipinski definition) is 1. The number of carbonyl (C=O) groups is 2. The SMILES string of the molecule is NC(=O)c1ccccc1CN(C(=O)c1cscn1)[C@@H]1CCc2ccc(Cl)cc21. The van der Waals surface area contributed by atoms with E-state index in [-0.39, 0.29) is 18.5 Å². The molecule has 0 unspecified atom stereocenters. The summed E-state index contributed by atoms with van der Waals surface area (Å²) in [5.74, 6) is -0.676. The van der Waals surface area contributed by atoms with Crippen LogP contribution in [-0.4, -0.2) is 21.7 Å². The quantitative estimate of drug-likeness (QED) is 0.682. The molecular formula is C21H18ClN3O2S. The monoisotopic (exact) mass is 411 g/mol. The zero-order valence-electron chi connectivity index (χ0n) is 15.0. The van der Waals surface area contributed by atoms with Crippen molar-refractivity contribution in [2.75, 3.05) is 0 Å². The zero-order valence-corrected chi connectivity index (χ0v) is 16.5. The topological polar surface area (TPSA) is 76.3 Å². The first kappa shape index (κ1) is 18.7. The summed E-state index contributed by atoms with van der Waals surface area (Å²) in [4.78, 5) is 31.1. The molecule has 0 saturated carbocycles. The van der Waals surface area contributed by atoms with Crippen LogP contribution >= 0.6 is 22.9 Å². The lowest BCUT2D eigenvalue weighted by Gasteiger charge is -2.30. The highest BCUT2D eigenvalue weighted by molar-refractivity contribution is 7.07. The fraction of sp³-hybridized carbons (Fsp3) is 0.190. The van der Waals surface area contributed by atoms with Gasteiger partial charge >= 0.3 is 0 Å². The van der Waals surface area contributed by atoms with Crippen LogP contribution < -0.4 is 5.73 Å². The number of hydrogen-bond acceptors (Lipinski definition) is 4. The van der Waals surface area contributed by atoms with Crippen LogP contribution in [0.15, 0.2) is 53.4 Å². The molecule has 0 saturated heterocycles. The van der Waals surface area contributed by atoms with Gasteiger partial charge in [-0.1, -0.05) is 35.9 Å². The number of nitrogens with two attached hydrogens (primary N) is 1. The third-order valence-electron chi connectivity index (χ3n) is 5.07. The number of primary amides is 1. The summed E-state index contributed by atoms with van der Waals surface area (Å²) in [5, 5.41) is 2.38. The standard InChI is InChI=1S/C21H18ClN3O2S/c22-15-7-5-13-6-8-19(17(13)9-15)25(21(27)18-11-28-12-24-18)10-14-3-1-2-4-16(14)20(23)26/h1-5,7,9,11-12,19H,6,8,10H2,(H2,23,26)/t19-/m1/s1. The number of rotatable bonds is 5. The van der Waals surface area contributed by atoms with Gasteiger partial charge in [0, 0.05) is 22.5 Å². The highest BCUT2D eigenvalue weighted by Gasteiger charge is 2.33. The molecule has 1 aliphatic carbocycles. The van der Waals surface area contributed by atoms with Crippen molar-refractivity contribution in [3.05, 3.63) is 86.3 Å². The molecule has 1 atom stereocenters. The van der Waals surface area contributed by atoms with Crippen molar-refractivity contribution in [2.45, 2.75) is 25.4 Å². The van der Waals surface area contributed by atoms with E-state index in [1.807, 2.05) is 30.3 Å².